The van der Waals surface area contributed by atoms with Crippen LogP contribution >= 0.6 is 0 Å². The van der Waals surface area contributed by atoms with Crippen molar-refractivity contribution < 1.29 is 9.18 Å². The van der Waals surface area contributed by atoms with Crippen LogP contribution in [-0.4, -0.2) is 43.0 Å². The van der Waals surface area contributed by atoms with E-state index in [1.54, 1.807) is 27.3 Å². The smallest absolute Gasteiger partial charge is 0.330 e. The highest BCUT2D eigenvalue weighted by molar-refractivity contribution is 5.92. The fourth-order valence-electron chi connectivity index (χ4n) is 3.67. The standard InChI is InChI=1S/C19H20FN5O2/c1-23-15-5-3-9-22-17(15)25(19(23)27)12-13-6-10-24(11-7-13)18(26)16-14(20)4-2-8-21-16/h2-5,8-9,13H,6-7,10-12H2,1H3. The van der Waals surface area contributed by atoms with Crippen molar-refractivity contribution in [3.05, 3.63) is 58.7 Å². The Kier molecular flexibility index (Phi) is 4.47. The summed E-state index contributed by atoms with van der Waals surface area (Å²) in [5.41, 5.74) is 1.27. The van der Waals surface area contributed by atoms with E-state index < -0.39 is 5.82 Å². The van der Waals surface area contributed by atoms with Gasteiger partial charge in [-0.3, -0.25) is 13.9 Å². The molecule has 140 valence electrons. The summed E-state index contributed by atoms with van der Waals surface area (Å²) >= 11 is 0. The van der Waals surface area contributed by atoms with Crippen molar-refractivity contribution in [3.63, 3.8) is 0 Å². The van der Waals surface area contributed by atoms with Crippen molar-refractivity contribution in [1.82, 2.24) is 24.0 Å². The van der Waals surface area contributed by atoms with E-state index in [9.17, 15) is 14.0 Å². The number of carbonyl (C=O) groups is 1. The summed E-state index contributed by atoms with van der Waals surface area (Å²) in [6.07, 6.45) is 4.59. The lowest BCUT2D eigenvalue weighted by molar-refractivity contribution is 0.0671. The largest absolute Gasteiger partial charge is 0.337 e. The molecule has 1 amide bonds. The highest BCUT2D eigenvalue weighted by Crippen LogP contribution is 2.22. The van der Waals surface area contributed by atoms with Crippen LogP contribution in [0.2, 0.25) is 0 Å². The van der Waals surface area contributed by atoms with Gasteiger partial charge in [-0.25, -0.2) is 19.2 Å². The van der Waals surface area contributed by atoms with E-state index in [4.69, 9.17) is 0 Å². The van der Waals surface area contributed by atoms with Crippen LogP contribution in [0.4, 0.5) is 4.39 Å². The molecule has 8 heteroatoms. The number of carbonyl (C=O) groups excluding carboxylic acids is 1. The number of aryl methyl sites for hydroxylation is 1. The molecular weight excluding hydrogens is 349 g/mol. The van der Waals surface area contributed by atoms with Crippen molar-refractivity contribution in [3.8, 4) is 0 Å². The van der Waals surface area contributed by atoms with Crippen LogP contribution in [0.25, 0.3) is 11.2 Å². The monoisotopic (exact) mass is 369 g/mol. The summed E-state index contributed by atoms with van der Waals surface area (Å²) in [7, 11) is 1.74. The Morgan fingerprint density at radius 1 is 1.19 bits per heavy atom. The molecule has 0 atom stereocenters. The average Bonchev–Trinajstić information content (AvgIpc) is 2.94. The van der Waals surface area contributed by atoms with E-state index in [1.165, 1.54) is 18.3 Å². The normalized spacial score (nSPS) is 15.4. The number of hydrogen-bond donors (Lipinski definition) is 0. The minimum Gasteiger partial charge on any atom is -0.337 e. The third-order valence-electron chi connectivity index (χ3n) is 5.20. The van der Waals surface area contributed by atoms with Gasteiger partial charge in [0.1, 0.15) is 0 Å². The van der Waals surface area contributed by atoms with E-state index in [0.29, 0.717) is 25.3 Å². The molecule has 0 aromatic carbocycles. The zero-order valence-electron chi connectivity index (χ0n) is 15.0. The summed E-state index contributed by atoms with van der Waals surface area (Å²) in [5, 5.41) is 0. The second-order valence-corrected chi connectivity index (χ2v) is 6.87. The van der Waals surface area contributed by atoms with E-state index in [0.717, 1.165) is 18.4 Å². The van der Waals surface area contributed by atoms with Crippen molar-refractivity contribution >= 4 is 17.1 Å². The van der Waals surface area contributed by atoms with E-state index >= 15 is 0 Å². The predicted molar refractivity (Wildman–Crippen MR) is 97.8 cm³/mol. The summed E-state index contributed by atoms with van der Waals surface area (Å²) in [6, 6.07) is 6.40. The Morgan fingerprint density at radius 2 is 1.89 bits per heavy atom. The van der Waals surface area contributed by atoms with Gasteiger partial charge in [0, 0.05) is 39.1 Å². The first-order valence-corrected chi connectivity index (χ1v) is 8.96. The zero-order chi connectivity index (χ0) is 19.0. The fraction of sp³-hybridized carbons (Fsp3) is 0.368. The van der Waals surface area contributed by atoms with Gasteiger partial charge < -0.3 is 4.90 Å². The molecule has 7 nitrogen and oxygen atoms in total. The van der Waals surface area contributed by atoms with Crippen LogP contribution in [0.1, 0.15) is 23.3 Å². The number of pyridine rings is 2. The van der Waals surface area contributed by atoms with Crippen molar-refractivity contribution in [2.75, 3.05) is 13.1 Å². The molecule has 1 aliphatic heterocycles. The molecule has 1 saturated heterocycles. The Bertz CT molecular complexity index is 1050. The van der Waals surface area contributed by atoms with Gasteiger partial charge in [-0.05, 0) is 43.0 Å². The van der Waals surface area contributed by atoms with Gasteiger partial charge in [-0.15, -0.1) is 0 Å². The molecule has 0 N–H and O–H groups in total. The number of likely N-dealkylation sites (tertiary alicyclic amines) is 1. The molecule has 0 radical (unpaired) electrons. The van der Waals surface area contributed by atoms with Crippen molar-refractivity contribution in [2.24, 2.45) is 13.0 Å². The number of rotatable bonds is 3. The molecule has 4 heterocycles. The molecule has 27 heavy (non-hydrogen) atoms. The fourth-order valence-corrected chi connectivity index (χ4v) is 3.67. The van der Waals surface area contributed by atoms with Crippen LogP contribution in [0.5, 0.6) is 0 Å². The number of amides is 1. The van der Waals surface area contributed by atoms with E-state index in [2.05, 4.69) is 9.97 Å². The van der Waals surface area contributed by atoms with Crippen LogP contribution in [0.3, 0.4) is 0 Å². The van der Waals surface area contributed by atoms with Gasteiger partial charge >= 0.3 is 5.69 Å². The Hall–Kier alpha value is -3.03. The Labute approximate surface area is 155 Å². The molecule has 0 unspecified atom stereocenters. The summed E-state index contributed by atoms with van der Waals surface area (Å²) < 4.78 is 17.1. The lowest BCUT2D eigenvalue weighted by Gasteiger charge is -2.31. The molecule has 0 spiro atoms. The van der Waals surface area contributed by atoms with Crippen molar-refractivity contribution in [1.29, 1.82) is 0 Å². The highest BCUT2D eigenvalue weighted by Gasteiger charge is 2.27. The molecule has 1 aliphatic rings. The molecule has 1 fully saturated rings. The average molecular weight is 369 g/mol. The van der Waals surface area contributed by atoms with Gasteiger partial charge in [0.05, 0.1) is 5.52 Å². The minimum absolute atomic E-state index is 0.0854. The number of piperidine rings is 1. The third kappa shape index (κ3) is 3.11. The lowest BCUT2D eigenvalue weighted by Crippen LogP contribution is -2.40. The second-order valence-electron chi connectivity index (χ2n) is 6.87. The molecule has 3 aromatic heterocycles. The maximum atomic E-state index is 13.8. The number of halogens is 1. The number of hydrogen-bond acceptors (Lipinski definition) is 4. The molecule has 4 rings (SSSR count). The summed E-state index contributed by atoms with van der Waals surface area (Å²) in [4.78, 5) is 34.8. The quantitative estimate of drug-likeness (QED) is 0.706. The maximum absolute atomic E-state index is 13.8. The third-order valence-corrected chi connectivity index (χ3v) is 5.20. The predicted octanol–water partition coefficient (Wildman–Crippen LogP) is 1.82. The van der Waals surface area contributed by atoms with Gasteiger partial charge in [-0.1, -0.05) is 0 Å². The van der Waals surface area contributed by atoms with Gasteiger partial charge in [0.2, 0.25) is 0 Å². The first-order valence-electron chi connectivity index (χ1n) is 8.96. The number of imidazole rings is 1. The SMILES string of the molecule is Cn1c(=O)n(CC2CCN(C(=O)c3ncccc3F)CC2)c2ncccc21. The van der Waals surface area contributed by atoms with Crippen molar-refractivity contribution in [2.45, 2.75) is 19.4 Å². The second kappa shape index (κ2) is 6.94. The number of fused-ring (bicyclic) bond motifs is 1. The lowest BCUT2D eigenvalue weighted by atomic mass is 9.96. The summed E-state index contributed by atoms with van der Waals surface area (Å²) in [5.74, 6) is -0.721. The number of nitrogens with zero attached hydrogens (tertiary/aromatic N) is 5. The molecular formula is C19H20FN5O2. The summed E-state index contributed by atoms with van der Waals surface area (Å²) in [6.45, 7) is 1.60. The first kappa shape index (κ1) is 17.4. The maximum Gasteiger partial charge on any atom is 0.330 e. The van der Waals surface area contributed by atoms with Crippen LogP contribution < -0.4 is 5.69 Å². The molecule has 3 aromatic rings. The topological polar surface area (TPSA) is 73.0 Å². The zero-order valence-corrected chi connectivity index (χ0v) is 15.0. The van der Waals surface area contributed by atoms with Crippen LogP contribution in [0.15, 0.2) is 41.5 Å². The molecule has 0 aliphatic carbocycles. The number of aromatic nitrogens is 4. The van der Waals surface area contributed by atoms with Crippen LogP contribution in [0, 0.1) is 11.7 Å². The van der Waals surface area contributed by atoms with Gasteiger partial charge in [0.15, 0.2) is 17.2 Å². The van der Waals surface area contributed by atoms with E-state index in [-0.39, 0.29) is 23.2 Å². The highest BCUT2D eigenvalue weighted by atomic mass is 19.1. The minimum atomic E-state index is -0.599. The molecule has 0 bridgehead atoms. The van der Waals surface area contributed by atoms with Crippen LogP contribution in [-0.2, 0) is 13.6 Å². The van der Waals surface area contributed by atoms with E-state index in [1.807, 2.05) is 12.1 Å². The first-order chi connectivity index (χ1) is 13.1. The van der Waals surface area contributed by atoms with Gasteiger partial charge in [-0.2, -0.15) is 0 Å². The molecule has 0 saturated carbocycles. The Balaban J connectivity index is 1.46. The van der Waals surface area contributed by atoms with Gasteiger partial charge in [0.25, 0.3) is 5.91 Å². The Morgan fingerprint density at radius 3 is 2.63 bits per heavy atom.